The molecule has 4 atom stereocenters. The topological polar surface area (TPSA) is 153 Å². The summed E-state index contributed by atoms with van der Waals surface area (Å²) in [6.45, 7) is 5.36. The minimum Gasteiger partial charge on any atom is -0.494 e. The zero-order chi connectivity index (χ0) is 36.8. The molecular formula is C40H48N6O6. The molecule has 274 valence electrons. The Bertz CT molecular complexity index is 1900. The Morgan fingerprint density at radius 2 is 1.85 bits per heavy atom. The smallest absolute Gasteiger partial charge is 0.264 e. The van der Waals surface area contributed by atoms with Crippen molar-refractivity contribution < 1.29 is 29.6 Å². The van der Waals surface area contributed by atoms with Gasteiger partial charge in [-0.2, -0.15) is 0 Å². The van der Waals surface area contributed by atoms with Crippen LogP contribution in [0, 0.1) is 5.92 Å². The SMILES string of the molecule is CCOc1ccc2c(c1)CC(NCCCCO)C(=O)N2c1ccc2c(c1)[C@](O)([C@@H](C)/C=C/CCn1cc(C(CO)c3ccccc3)nn1)C(=O)N2C. The zero-order valence-corrected chi connectivity index (χ0v) is 30.0. The van der Waals surface area contributed by atoms with Gasteiger partial charge in [0.1, 0.15) is 5.75 Å². The summed E-state index contributed by atoms with van der Waals surface area (Å²) in [6.07, 6.45) is 8.02. The van der Waals surface area contributed by atoms with E-state index in [1.54, 1.807) is 28.8 Å². The van der Waals surface area contributed by atoms with Gasteiger partial charge in [-0.15, -0.1) is 5.10 Å². The molecule has 3 heterocycles. The number of amides is 2. The Balaban J connectivity index is 1.22. The van der Waals surface area contributed by atoms with Crippen molar-refractivity contribution in [3.05, 3.63) is 107 Å². The number of rotatable bonds is 16. The van der Waals surface area contributed by atoms with Gasteiger partial charge in [0, 0.05) is 43.6 Å². The number of carbonyl (C=O) groups is 2. The Morgan fingerprint density at radius 3 is 2.60 bits per heavy atom. The van der Waals surface area contributed by atoms with Crippen LogP contribution in [0.25, 0.3) is 0 Å². The van der Waals surface area contributed by atoms with Crippen LogP contribution < -0.4 is 19.9 Å². The van der Waals surface area contributed by atoms with Gasteiger partial charge < -0.3 is 30.3 Å². The number of aromatic nitrogens is 3. The summed E-state index contributed by atoms with van der Waals surface area (Å²) in [5, 5.41) is 43.4. The highest BCUT2D eigenvalue weighted by Gasteiger charge is 2.52. The summed E-state index contributed by atoms with van der Waals surface area (Å²) in [4.78, 5) is 31.0. The summed E-state index contributed by atoms with van der Waals surface area (Å²) in [7, 11) is 1.65. The molecule has 1 aromatic heterocycles. The molecular weight excluding hydrogens is 660 g/mol. The number of nitrogens with zero attached hydrogens (tertiary/aromatic N) is 5. The van der Waals surface area contributed by atoms with Crippen LogP contribution in [-0.4, -0.2) is 81.6 Å². The maximum atomic E-state index is 14.1. The normalized spacial score (nSPS) is 19.6. The predicted molar refractivity (Wildman–Crippen MR) is 199 cm³/mol. The highest BCUT2D eigenvalue weighted by molar-refractivity contribution is 6.10. The molecule has 0 spiro atoms. The van der Waals surface area contributed by atoms with Gasteiger partial charge in [-0.3, -0.25) is 19.2 Å². The van der Waals surface area contributed by atoms with E-state index in [1.807, 2.05) is 86.8 Å². The third kappa shape index (κ3) is 7.24. The number of aryl methyl sites for hydroxylation is 1. The monoisotopic (exact) mass is 708 g/mol. The van der Waals surface area contributed by atoms with E-state index in [0.717, 1.165) is 29.0 Å². The first-order valence-corrected chi connectivity index (χ1v) is 18.0. The van der Waals surface area contributed by atoms with Gasteiger partial charge in [-0.25, -0.2) is 0 Å². The first kappa shape index (κ1) is 36.9. The molecule has 3 aromatic carbocycles. The second-order valence-corrected chi connectivity index (χ2v) is 13.4. The second-order valence-electron chi connectivity index (χ2n) is 13.4. The molecule has 6 rings (SSSR count). The van der Waals surface area contributed by atoms with Crippen molar-refractivity contribution in [2.45, 2.75) is 63.6 Å². The molecule has 0 radical (unpaired) electrons. The number of carbonyl (C=O) groups excluding carboxylic acids is 2. The number of likely N-dealkylation sites (N-methyl/N-ethyl adjacent to an activating group) is 1. The van der Waals surface area contributed by atoms with Crippen molar-refractivity contribution in [3.8, 4) is 5.75 Å². The lowest BCUT2D eigenvalue weighted by Crippen LogP contribution is -2.49. The van der Waals surface area contributed by atoms with Crippen LogP contribution in [0.1, 0.15) is 61.4 Å². The average molecular weight is 709 g/mol. The number of aliphatic hydroxyl groups is 3. The van der Waals surface area contributed by atoms with Crippen LogP contribution in [0.5, 0.6) is 5.75 Å². The second kappa shape index (κ2) is 16.2. The maximum Gasteiger partial charge on any atom is 0.264 e. The summed E-state index contributed by atoms with van der Waals surface area (Å²) < 4.78 is 7.49. The van der Waals surface area contributed by atoms with E-state index < -0.39 is 23.5 Å². The lowest BCUT2D eigenvalue weighted by atomic mass is 9.82. The van der Waals surface area contributed by atoms with Gasteiger partial charge in [0.2, 0.25) is 5.91 Å². The van der Waals surface area contributed by atoms with Gasteiger partial charge in [0.05, 0.1) is 42.2 Å². The summed E-state index contributed by atoms with van der Waals surface area (Å²) in [5.74, 6) is -0.725. The molecule has 0 bridgehead atoms. The van der Waals surface area contributed by atoms with Crippen LogP contribution in [0.4, 0.5) is 17.1 Å². The molecule has 2 aliphatic heterocycles. The minimum atomic E-state index is -1.86. The van der Waals surface area contributed by atoms with E-state index in [-0.39, 0.29) is 25.0 Å². The molecule has 2 amide bonds. The van der Waals surface area contributed by atoms with Crippen molar-refractivity contribution in [1.82, 2.24) is 20.3 Å². The molecule has 52 heavy (non-hydrogen) atoms. The van der Waals surface area contributed by atoms with Gasteiger partial charge in [-0.1, -0.05) is 54.6 Å². The number of hydrogen-bond acceptors (Lipinski definition) is 9. The zero-order valence-electron chi connectivity index (χ0n) is 30.0. The molecule has 0 fully saturated rings. The van der Waals surface area contributed by atoms with E-state index in [2.05, 4.69) is 15.6 Å². The first-order chi connectivity index (χ1) is 25.2. The largest absolute Gasteiger partial charge is 0.494 e. The molecule has 0 aliphatic carbocycles. The number of fused-ring (bicyclic) bond motifs is 2. The number of ether oxygens (including phenoxy) is 1. The molecule has 12 nitrogen and oxygen atoms in total. The van der Waals surface area contributed by atoms with Crippen molar-refractivity contribution in [1.29, 1.82) is 0 Å². The average Bonchev–Trinajstić information content (AvgIpc) is 3.70. The van der Waals surface area contributed by atoms with Gasteiger partial charge >= 0.3 is 0 Å². The fourth-order valence-electron chi connectivity index (χ4n) is 7.19. The van der Waals surface area contributed by atoms with E-state index in [1.165, 1.54) is 4.90 Å². The number of allylic oxidation sites excluding steroid dienone is 1. The highest BCUT2D eigenvalue weighted by atomic mass is 16.5. The van der Waals surface area contributed by atoms with Crippen molar-refractivity contribution >= 4 is 28.9 Å². The van der Waals surface area contributed by atoms with Gasteiger partial charge in [-0.05, 0) is 86.7 Å². The minimum absolute atomic E-state index is 0.0828. The summed E-state index contributed by atoms with van der Waals surface area (Å²) >= 11 is 0. The standard InChI is InChI=1S/C40H48N6O6/c1-4-52-31-16-18-36-29(22-31)23-34(41-19-9-11-21-47)38(49)46(36)30-15-17-37-33(24-30)40(51,39(50)44(37)3)27(2)12-8-10-20-45-25-35(42-43-45)32(26-48)28-13-6-5-7-14-28/h5-8,12-18,22,24-25,27,32,34,41,47-48,51H,4,9-11,19-21,23,26H2,1-3H3/b12-8+/t27-,32?,34?,40+/m0/s1. The number of unbranched alkanes of at least 4 members (excludes halogenated alkanes) is 1. The van der Waals surface area contributed by atoms with E-state index in [0.29, 0.717) is 61.6 Å². The van der Waals surface area contributed by atoms with Crippen LogP contribution in [0.2, 0.25) is 0 Å². The lowest BCUT2D eigenvalue weighted by molar-refractivity contribution is -0.139. The van der Waals surface area contributed by atoms with Crippen LogP contribution >= 0.6 is 0 Å². The molecule has 12 heteroatoms. The lowest BCUT2D eigenvalue weighted by Gasteiger charge is -2.35. The number of aliphatic hydroxyl groups excluding tert-OH is 2. The highest BCUT2D eigenvalue weighted by Crippen LogP contribution is 2.47. The Morgan fingerprint density at radius 1 is 1.06 bits per heavy atom. The van der Waals surface area contributed by atoms with Crippen LogP contribution in [-0.2, 0) is 28.2 Å². The molecule has 0 saturated heterocycles. The first-order valence-electron chi connectivity index (χ1n) is 18.0. The Hall–Kier alpha value is -4.88. The molecule has 4 aromatic rings. The van der Waals surface area contributed by atoms with Crippen LogP contribution in [0.15, 0.2) is 85.1 Å². The van der Waals surface area contributed by atoms with Crippen molar-refractivity contribution in [3.63, 3.8) is 0 Å². The van der Waals surface area contributed by atoms with E-state index >= 15 is 0 Å². The quantitative estimate of drug-likeness (QED) is 0.0992. The third-order valence-electron chi connectivity index (χ3n) is 10.1. The maximum absolute atomic E-state index is 14.1. The molecule has 2 aliphatic rings. The Labute approximate surface area is 304 Å². The molecule has 0 saturated carbocycles. The molecule has 4 N–H and O–H groups in total. The van der Waals surface area contributed by atoms with Gasteiger partial charge in [0.25, 0.3) is 5.91 Å². The number of benzene rings is 3. The van der Waals surface area contributed by atoms with Crippen molar-refractivity contribution in [2.24, 2.45) is 5.92 Å². The molecule has 2 unspecified atom stereocenters. The van der Waals surface area contributed by atoms with Crippen molar-refractivity contribution in [2.75, 3.05) is 43.2 Å². The van der Waals surface area contributed by atoms with Crippen LogP contribution in [0.3, 0.4) is 0 Å². The third-order valence-corrected chi connectivity index (χ3v) is 10.1. The fraction of sp³-hybridized carbons (Fsp3) is 0.400. The van der Waals surface area contributed by atoms with Gasteiger partial charge in [0.15, 0.2) is 5.60 Å². The predicted octanol–water partition coefficient (Wildman–Crippen LogP) is 4.20. The summed E-state index contributed by atoms with van der Waals surface area (Å²) in [5.41, 5.74) is 3.02. The van der Waals surface area contributed by atoms with E-state index in [4.69, 9.17) is 4.74 Å². The van der Waals surface area contributed by atoms with E-state index in [9.17, 15) is 24.9 Å². The number of anilines is 3. The number of nitrogens with one attached hydrogen (secondary N) is 1. The number of hydrogen-bond donors (Lipinski definition) is 4. The summed E-state index contributed by atoms with van der Waals surface area (Å²) in [6, 6.07) is 20.2. The fourth-order valence-corrected chi connectivity index (χ4v) is 7.19. The Kier molecular flexibility index (Phi) is 11.5.